The molecule has 2 unspecified atom stereocenters. The van der Waals surface area contributed by atoms with E-state index < -0.39 is 33.2 Å². The third-order valence-corrected chi connectivity index (χ3v) is 16.4. The fraction of sp³-hybridized carbons (Fsp3) is 0.478. The number of likely N-dealkylation sites (tertiary alicyclic amines) is 1. The molecular weight excluding hydrogens is 891 g/mol. The highest BCUT2D eigenvalue weighted by Gasteiger charge is 2.55. The zero-order valence-corrected chi connectivity index (χ0v) is 37.4. The number of aryl methyl sites for hydroxylation is 1. The molecule has 18 nitrogen and oxygen atoms in total. The number of nitriles is 1. The van der Waals surface area contributed by atoms with E-state index in [1.54, 1.807) is 28.4 Å². The standard InChI is InChI=1S/C46H48F2N10O8S/c1-54-37-17-38(35(48)16-32(37)42(53-54)57-10-6-40(59)52-44(57)61)56-23-45(24-56)18-26(19-45)55-11-8-46(9-12-55)20-27(22-65-46)58-25-51-36-5-2-28(14-31(36)43(58)60)66-41-33(21-49)30(3-4-34(41)47)39-15-29(7-13-64-39)67(50,62)63/h2-5,14,16-17,25-27,29,39H,6-13,15,18-20,22-24H2,1H3,(H2,50,62,63)(H,52,59,61)/t27-,29?,39?/m1/s1. The number of primary sulfonamides is 1. The number of rotatable bonds is 8. The SMILES string of the molecule is Cn1nc(N2CCC(=O)NC2=O)c2cc(F)c(N3CC4(CC(N5CCC6(CC5)C[C@@H](n5cnc7ccc(Oc8c(F)ccc(C9CC(S(N)(=O)=O)CCO9)c8C#N)cc7c5=O)CO6)C4)C3)cc21. The summed E-state index contributed by atoms with van der Waals surface area (Å²) in [6, 6.07) is 12.0. The normalized spacial score (nSPS) is 24.3. The lowest BCUT2D eigenvalue weighted by molar-refractivity contribution is -0.120. The molecule has 3 aromatic carbocycles. The van der Waals surface area contributed by atoms with Crippen molar-refractivity contribution < 1.29 is 41.0 Å². The molecule has 7 heterocycles. The van der Waals surface area contributed by atoms with Gasteiger partial charge in [0.1, 0.15) is 23.2 Å². The van der Waals surface area contributed by atoms with Crippen LogP contribution < -0.4 is 30.6 Å². The first-order valence-corrected chi connectivity index (χ1v) is 24.2. The Kier molecular flexibility index (Phi) is 10.4. The van der Waals surface area contributed by atoms with Gasteiger partial charge in [-0.3, -0.25) is 29.1 Å². The molecular formula is C46H48F2N10O8S. The second-order valence-electron chi connectivity index (χ2n) is 19.1. The summed E-state index contributed by atoms with van der Waals surface area (Å²) < 4.78 is 76.8. The monoisotopic (exact) mass is 938 g/mol. The molecule has 0 bridgehead atoms. The lowest BCUT2D eigenvalue weighted by Crippen LogP contribution is -2.67. The number of nitrogens with two attached hydrogens (primary N) is 1. The number of aromatic nitrogens is 4. The number of anilines is 2. The van der Waals surface area contributed by atoms with Gasteiger partial charge in [-0.05, 0) is 81.3 Å². The minimum atomic E-state index is -3.86. The summed E-state index contributed by atoms with van der Waals surface area (Å²) in [6.45, 7) is 3.86. The minimum Gasteiger partial charge on any atom is -0.453 e. The maximum atomic E-state index is 15.7. The summed E-state index contributed by atoms with van der Waals surface area (Å²) >= 11 is 0. The number of carbonyl (C=O) groups excluding carboxylic acids is 2. The molecule has 1 aliphatic carbocycles. The van der Waals surface area contributed by atoms with Crippen LogP contribution >= 0.6 is 0 Å². The molecule has 3 amide bonds. The Balaban J connectivity index is 0.714. The maximum absolute atomic E-state index is 15.7. The molecule has 0 radical (unpaired) electrons. The largest absolute Gasteiger partial charge is 0.453 e. The highest BCUT2D eigenvalue weighted by atomic mass is 32.2. The number of benzene rings is 3. The Hall–Kier alpha value is -6.05. The molecule has 3 N–H and O–H groups in total. The average Bonchev–Trinajstić information content (AvgIpc) is 3.83. The van der Waals surface area contributed by atoms with E-state index >= 15 is 8.78 Å². The van der Waals surface area contributed by atoms with Crippen molar-refractivity contribution in [3.05, 3.63) is 81.9 Å². The molecule has 1 saturated carbocycles. The first-order chi connectivity index (χ1) is 32.1. The lowest BCUT2D eigenvalue weighted by Gasteiger charge is -2.62. The number of imide groups is 1. The van der Waals surface area contributed by atoms with E-state index in [0.717, 1.165) is 57.9 Å². The number of nitrogens with one attached hydrogen (secondary N) is 1. The molecule has 2 spiro atoms. The van der Waals surface area contributed by atoms with E-state index in [1.165, 1.54) is 35.5 Å². The fourth-order valence-corrected chi connectivity index (χ4v) is 12.3. The molecule has 67 heavy (non-hydrogen) atoms. The summed E-state index contributed by atoms with van der Waals surface area (Å²) in [6.07, 6.45) is 5.41. The fourth-order valence-electron chi connectivity index (χ4n) is 11.4. The van der Waals surface area contributed by atoms with Crippen LogP contribution in [-0.4, -0.2) is 107 Å². The lowest BCUT2D eigenvalue weighted by atomic mass is 9.59. The number of amides is 3. The minimum absolute atomic E-state index is 0.00154. The Morgan fingerprint density at radius 1 is 0.985 bits per heavy atom. The van der Waals surface area contributed by atoms with E-state index in [-0.39, 0.29) is 94.8 Å². The Bertz CT molecular complexity index is 3100. The van der Waals surface area contributed by atoms with Crippen molar-refractivity contribution in [3.8, 4) is 17.6 Å². The van der Waals surface area contributed by atoms with Crippen molar-refractivity contribution in [2.75, 3.05) is 55.7 Å². The van der Waals surface area contributed by atoms with Crippen molar-refractivity contribution in [1.29, 1.82) is 5.26 Å². The van der Waals surface area contributed by atoms with Gasteiger partial charge in [0.2, 0.25) is 15.9 Å². The first kappa shape index (κ1) is 43.5. The van der Waals surface area contributed by atoms with E-state index in [1.807, 2.05) is 6.07 Å². The van der Waals surface area contributed by atoms with Crippen LogP contribution in [0.5, 0.6) is 11.5 Å². The zero-order valence-electron chi connectivity index (χ0n) is 36.6. The number of hydrogen-bond acceptors (Lipinski definition) is 13. The average molecular weight is 939 g/mol. The Morgan fingerprint density at radius 2 is 1.78 bits per heavy atom. The van der Waals surface area contributed by atoms with Gasteiger partial charge in [0.15, 0.2) is 17.4 Å². The number of carbonyl (C=O) groups is 2. The second kappa shape index (κ2) is 16.0. The van der Waals surface area contributed by atoms with Crippen LogP contribution in [0.4, 0.5) is 25.1 Å². The summed E-state index contributed by atoms with van der Waals surface area (Å²) in [4.78, 5) is 48.8. The predicted molar refractivity (Wildman–Crippen MR) is 239 cm³/mol. The molecule has 5 aromatic rings. The van der Waals surface area contributed by atoms with E-state index in [9.17, 15) is 28.1 Å². The summed E-state index contributed by atoms with van der Waals surface area (Å²) in [5.74, 6) is -1.47. The van der Waals surface area contributed by atoms with Crippen LogP contribution in [0.15, 0.2) is 53.6 Å². The van der Waals surface area contributed by atoms with Gasteiger partial charge >= 0.3 is 6.03 Å². The summed E-state index contributed by atoms with van der Waals surface area (Å²) in [5.41, 5.74) is 1.21. The summed E-state index contributed by atoms with van der Waals surface area (Å²) in [5, 5.41) is 22.3. The smallest absolute Gasteiger partial charge is 0.329 e. The van der Waals surface area contributed by atoms with Crippen molar-refractivity contribution in [1.82, 2.24) is 29.5 Å². The number of urea groups is 1. The van der Waals surface area contributed by atoms with Crippen molar-refractivity contribution in [2.45, 2.75) is 80.4 Å². The van der Waals surface area contributed by atoms with Gasteiger partial charge in [-0.1, -0.05) is 6.07 Å². The number of nitrogens with zero attached hydrogens (tertiary/aromatic N) is 8. The molecule has 11 rings (SSSR count). The van der Waals surface area contributed by atoms with Crippen LogP contribution in [0.3, 0.4) is 0 Å². The summed E-state index contributed by atoms with van der Waals surface area (Å²) in [7, 11) is -2.10. The van der Waals surface area contributed by atoms with Crippen molar-refractivity contribution in [3.63, 3.8) is 0 Å². The number of sulfonamides is 1. The van der Waals surface area contributed by atoms with Crippen LogP contribution in [0.25, 0.3) is 21.8 Å². The van der Waals surface area contributed by atoms with Crippen LogP contribution in [0.1, 0.15) is 74.6 Å². The molecule has 6 fully saturated rings. The first-order valence-electron chi connectivity index (χ1n) is 22.5. The molecule has 6 aliphatic rings. The topological polar surface area (TPSA) is 220 Å². The number of piperidine rings is 1. The maximum Gasteiger partial charge on any atom is 0.329 e. The number of halogens is 2. The van der Waals surface area contributed by atoms with Crippen LogP contribution in [0, 0.1) is 28.4 Å². The van der Waals surface area contributed by atoms with Gasteiger partial charge in [-0.25, -0.2) is 32.1 Å². The molecule has 21 heteroatoms. The highest BCUT2D eigenvalue weighted by Crippen LogP contribution is 2.53. The van der Waals surface area contributed by atoms with Crippen molar-refractivity contribution >= 4 is 55.3 Å². The van der Waals surface area contributed by atoms with E-state index in [2.05, 4.69) is 25.2 Å². The quantitative estimate of drug-likeness (QED) is 0.217. The van der Waals surface area contributed by atoms with Crippen LogP contribution in [0.2, 0.25) is 0 Å². The molecule has 350 valence electrons. The van der Waals surface area contributed by atoms with Gasteiger partial charge < -0.3 is 24.0 Å². The van der Waals surface area contributed by atoms with Gasteiger partial charge in [0, 0.05) is 75.2 Å². The predicted octanol–water partition coefficient (Wildman–Crippen LogP) is 4.65. The molecule has 3 atom stereocenters. The third-order valence-electron chi connectivity index (χ3n) is 15.0. The van der Waals surface area contributed by atoms with E-state index in [4.69, 9.17) is 19.3 Å². The molecule has 5 saturated heterocycles. The number of fused-ring (bicyclic) bond motifs is 2. The van der Waals surface area contributed by atoms with Gasteiger partial charge in [-0.2, -0.15) is 10.4 Å². The zero-order chi connectivity index (χ0) is 46.6. The van der Waals surface area contributed by atoms with Gasteiger partial charge in [0.05, 0.1) is 58.0 Å². The van der Waals surface area contributed by atoms with Gasteiger partial charge in [-0.15, -0.1) is 0 Å². The van der Waals surface area contributed by atoms with Crippen LogP contribution in [-0.2, 0) is 31.3 Å². The van der Waals surface area contributed by atoms with Crippen molar-refractivity contribution in [2.24, 2.45) is 17.6 Å². The Labute approximate surface area is 383 Å². The Morgan fingerprint density at radius 3 is 2.52 bits per heavy atom. The molecule has 5 aliphatic heterocycles. The third kappa shape index (κ3) is 7.58. The number of hydrogen-bond donors (Lipinski definition) is 2. The molecule has 2 aromatic heterocycles. The van der Waals surface area contributed by atoms with Gasteiger partial charge in [0.25, 0.3) is 5.56 Å². The van der Waals surface area contributed by atoms with E-state index in [0.29, 0.717) is 47.0 Å². The second-order valence-corrected chi connectivity index (χ2v) is 21.0. The highest BCUT2D eigenvalue weighted by molar-refractivity contribution is 7.89. The number of ether oxygens (including phenoxy) is 3.